The lowest BCUT2D eigenvalue weighted by Gasteiger charge is -2.38. The number of amides is 2. The number of nitrogens with two attached hydrogens (primary N) is 1. The van der Waals surface area contributed by atoms with Crippen LogP contribution in [0.4, 0.5) is 0 Å². The fourth-order valence-electron chi connectivity index (χ4n) is 5.17. The van der Waals surface area contributed by atoms with E-state index in [-0.39, 0.29) is 35.5 Å². The maximum atomic E-state index is 13.1. The van der Waals surface area contributed by atoms with Crippen molar-refractivity contribution in [2.24, 2.45) is 5.73 Å². The molecule has 9 heteroatoms. The Bertz CT molecular complexity index is 927. The van der Waals surface area contributed by atoms with Crippen LogP contribution in [0, 0.1) is 11.3 Å². The van der Waals surface area contributed by atoms with Crippen LogP contribution >= 0.6 is 0 Å². The first-order valence-electron chi connectivity index (χ1n) is 10.7. The maximum absolute atomic E-state index is 13.1. The van der Waals surface area contributed by atoms with E-state index < -0.39 is 18.1 Å². The van der Waals surface area contributed by atoms with Gasteiger partial charge in [-0.05, 0) is 43.9 Å². The molecule has 0 aromatic heterocycles. The van der Waals surface area contributed by atoms with Crippen LogP contribution in [-0.4, -0.2) is 81.4 Å². The van der Waals surface area contributed by atoms with Crippen molar-refractivity contribution in [3.63, 3.8) is 0 Å². The van der Waals surface area contributed by atoms with Crippen molar-refractivity contribution in [2.75, 3.05) is 19.6 Å². The molecule has 3 aliphatic rings. The normalized spacial score (nSPS) is 27.4. The number of aromatic carboxylic acids is 1. The lowest BCUT2D eigenvalue weighted by Crippen LogP contribution is -2.56. The van der Waals surface area contributed by atoms with E-state index in [9.17, 15) is 19.6 Å². The number of benzene rings is 1. The Balaban J connectivity index is 1.39. The van der Waals surface area contributed by atoms with Crippen molar-refractivity contribution >= 4 is 17.8 Å². The Hall–Kier alpha value is -2.96. The summed E-state index contributed by atoms with van der Waals surface area (Å²) >= 11 is 0. The van der Waals surface area contributed by atoms with Crippen molar-refractivity contribution in [1.82, 2.24) is 14.7 Å². The third-order valence-electron chi connectivity index (χ3n) is 6.80. The second-order valence-corrected chi connectivity index (χ2v) is 8.63. The summed E-state index contributed by atoms with van der Waals surface area (Å²) in [6.45, 7) is 3.46. The molecule has 1 aromatic rings. The van der Waals surface area contributed by atoms with E-state index in [1.54, 1.807) is 29.2 Å². The summed E-state index contributed by atoms with van der Waals surface area (Å²) in [4.78, 5) is 42.3. The van der Waals surface area contributed by atoms with Crippen LogP contribution in [0.1, 0.15) is 48.1 Å². The molecule has 5 atom stereocenters. The summed E-state index contributed by atoms with van der Waals surface area (Å²) in [6.07, 6.45) is 2.19. The molecule has 4 unspecified atom stereocenters. The van der Waals surface area contributed by atoms with E-state index in [0.29, 0.717) is 32.5 Å². The van der Waals surface area contributed by atoms with Gasteiger partial charge in [-0.3, -0.25) is 14.5 Å². The highest BCUT2D eigenvalue weighted by Gasteiger charge is 2.51. The lowest BCUT2D eigenvalue weighted by atomic mass is 10.0. The van der Waals surface area contributed by atoms with Crippen LogP contribution in [-0.2, 0) is 9.59 Å². The van der Waals surface area contributed by atoms with Crippen molar-refractivity contribution in [3.05, 3.63) is 35.4 Å². The third-order valence-corrected chi connectivity index (χ3v) is 6.80. The molecule has 0 radical (unpaired) electrons. The Morgan fingerprint density at radius 3 is 2.65 bits per heavy atom. The van der Waals surface area contributed by atoms with E-state index in [1.807, 2.05) is 16.7 Å². The number of carboxylic acids is 1. The van der Waals surface area contributed by atoms with Gasteiger partial charge in [0.2, 0.25) is 11.8 Å². The number of nitrogens with zero attached hydrogens (tertiary/aromatic N) is 4. The molecular weight excluding hydrogens is 398 g/mol. The van der Waals surface area contributed by atoms with Crippen molar-refractivity contribution in [1.29, 1.82) is 5.26 Å². The Kier molecular flexibility index (Phi) is 5.69. The number of fused-ring (bicyclic) bond motifs is 2. The van der Waals surface area contributed by atoms with Gasteiger partial charge in [0.05, 0.1) is 29.8 Å². The number of piperazine rings is 1. The average Bonchev–Trinajstić information content (AvgIpc) is 3.47. The van der Waals surface area contributed by atoms with Gasteiger partial charge >= 0.3 is 5.97 Å². The van der Waals surface area contributed by atoms with Crippen LogP contribution < -0.4 is 5.73 Å². The number of hydrogen-bond donors (Lipinski definition) is 2. The van der Waals surface area contributed by atoms with Crippen LogP contribution in [0.2, 0.25) is 0 Å². The number of nitriles is 1. The van der Waals surface area contributed by atoms with E-state index in [1.165, 1.54) is 0 Å². The van der Waals surface area contributed by atoms with E-state index in [2.05, 4.69) is 6.07 Å². The minimum Gasteiger partial charge on any atom is -0.478 e. The van der Waals surface area contributed by atoms with Gasteiger partial charge in [0, 0.05) is 25.7 Å². The summed E-state index contributed by atoms with van der Waals surface area (Å²) in [5, 5.41) is 18.3. The molecule has 4 rings (SSSR count). The predicted molar refractivity (Wildman–Crippen MR) is 111 cm³/mol. The minimum atomic E-state index is -0.980. The van der Waals surface area contributed by atoms with E-state index >= 15 is 0 Å². The molecule has 9 nitrogen and oxygen atoms in total. The topological polar surface area (TPSA) is 131 Å². The van der Waals surface area contributed by atoms with Crippen LogP contribution in [0.5, 0.6) is 0 Å². The smallest absolute Gasteiger partial charge is 0.335 e. The number of carboxylic acid groups (broad SMARTS) is 1. The Morgan fingerprint density at radius 1 is 1.32 bits per heavy atom. The zero-order valence-electron chi connectivity index (χ0n) is 17.5. The predicted octanol–water partition coefficient (Wildman–Crippen LogP) is 0.573. The van der Waals surface area contributed by atoms with Gasteiger partial charge in [0.15, 0.2) is 0 Å². The first kappa shape index (κ1) is 21.3. The van der Waals surface area contributed by atoms with Gasteiger partial charge in [0.1, 0.15) is 6.04 Å². The van der Waals surface area contributed by atoms with Crippen LogP contribution in [0.3, 0.4) is 0 Å². The number of carbonyl (C=O) groups is 3. The van der Waals surface area contributed by atoms with Gasteiger partial charge in [-0.1, -0.05) is 12.1 Å². The zero-order chi connectivity index (χ0) is 22.3. The minimum absolute atomic E-state index is 0.0155. The number of hydrogen-bond acceptors (Lipinski definition) is 6. The summed E-state index contributed by atoms with van der Waals surface area (Å²) in [5.74, 6) is -1.18. The summed E-state index contributed by atoms with van der Waals surface area (Å²) in [5.41, 5.74) is 7.28. The molecule has 31 heavy (non-hydrogen) atoms. The Labute approximate surface area is 181 Å². The number of likely N-dealkylation sites (tertiary alicyclic amines) is 3. The molecule has 0 spiro atoms. The molecule has 3 heterocycles. The molecule has 3 saturated heterocycles. The maximum Gasteiger partial charge on any atom is 0.335 e. The first-order chi connectivity index (χ1) is 14.8. The highest BCUT2D eigenvalue weighted by atomic mass is 16.4. The molecule has 164 valence electrons. The number of rotatable bonds is 6. The molecule has 1 aromatic carbocycles. The average molecular weight is 425 g/mol. The van der Waals surface area contributed by atoms with Gasteiger partial charge < -0.3 is 20.6 Å². The van der Waals surface area contributed by atoms with Crippen molar-refractivity contribution in [2.45, 2.75) is 56.4 Å². The SMILES string of the molecule is C[C@@H](c1ccc(C(=O)O)cc1)N1C(=O)C2CC1CN2CC(N)C(=O)N1CCCC1C#N. The first-order valence-corrected chi connectivity index (χ1v) is 10.7. The van der Waals surface area contributed by atoms with Crippen LogP contribution in [0.25, 0.3) is 0 Å². The van der Waals surface area contributed by atoms with Crippen molar-refractivity contribution in [3.8, 4) is 6.07 Å². The van der Waals surface area contributed by atoms with Gasteiger partial charge in [0.25, 0.3) is 0 Å². The van der Waals surface area contributed by atoms with Gasteiger partial charge in [-0.15, -0.1) is 0 Å². The molecule has 3 fully saturated rings. The van der Waals surface area contributed by atoms with E-state index in [0.717, 1.165) is 12.0 Å². The molecule has 3 N–H and O–H groups in total. The summed E-state index contributed by atoms with van der Waals surface area (Å²) in [6, 6.07) is 7.19. The molecule has 0 saturated carbocycles. The Morgan fingerprint density at radius 2 is 2.03 bits per heavy atom. The second kappa shape index (κ2) is 8.29. The highest BCUT2D eigenvalue weighted by Crippen LogP contribution is 2.38. The molecule has 2 amide bonds. The van der Waals surface area contributed by atoms with Crippen LogP contribution in [0.15, 0.2) is 24.3 Å². The molecule has 3 aliphatic heterocycles. The fourth-order valence-corrected chi connectivity index (χ4v) is 5.17. The summed E-state index contributed by atoms with van der Waals surface area (Å²) in [7, 11) is 0. The third kappa shape index (κ3) is 3.77. The fraction of sp³-hybridized carbons (Fsp3) is 0.545. The van der Waals surface area contributed by atoms with Gasteiger partial charge in [-0.2, -0.15) is 5.26 Å². The molecule has 2 bridgehead atoms. The standard InChI is InChI=1S/C22H27N5O4/c1-13(14-4-6-15(7-5-14)22(30)31)27-17-9-19(21(27)29)25(11-17)12-18(24)20(28)26-8-2-3-16(26)10-23/h4-7,13,16-19H,2-3,8-9,11-12,24H2,1H3,(H,30,31)/t13-,16?,17?,18?,19?/m0/s1. The summed E-state index contributed by atoms with van der Waals surface area (Å²) < 4.78 is 0. The zero-order valence-corrected chi connectivity index (χ0v) is 17.5. The highest BCUT2D eigenvalue weighted by molar-refractivity contribution is 5.88. The number of carbonyl (C=O) groups excluding carboxylic acids is 2. The lowest BCUT2D eigenvalue weighted by molar-refractivity contribution is -0.141. The molecular formula is C22H27N5O4. The monoisotopic (exact) mass is 425 g/mol. The van der Waals surface area contributed by atoms with E-state index in [4.69, 9.17) is 10.8 Å². The largest absolute Gasteiger partial charge is 0.478 e. The molecule has 0 aliphatic carbocycles. The van der Waals surface area contributed by atoms with Gasteiger partial charge in [-0.25, -0.2) is 4.79 Å². The quantitative estimate of drug-likeness (QED) is 0.681. The second-order valence-electron chi connectivity index (χ2n) is 8.63. The van der Waals surface area contributed by atoms with Crippen molar-refractivity contribution < 1.29 is 19.5 Å².